The first-order chi connectivity index (χ1) is 7.31. The first-order valence-corrected chi connectivity index (χ1v) is 5.93. The van der Waals surface area contributed by atoms with Crippen LogP contribution in [0.25, 0.3) is 0 Å². The van der Waals surface area contributed by atoms with Crippen molar-refractivity contribution in [2.24, 2.45) is 0 Å². The molecule has 3 nitrogen and oxygen atoms in total. The van der Waals surface area contributed by atoms with Crippen LogP contribution in [0.4, 0.5) is 0 Å². The second-order valence-electron chi connectivity index (χ2n) is 3.82. The average molecular weight is 222 g/mol. The molecule has 2 rings (SSSR count). The summed E-state index contributed by atoms with van der Waals surface area (Å²) in [7, 11) is 1.76. The molecule has 0 radical (unpaired) electrons. The van der Waals surface area contributed by atoms with Crippen molar-refractivity contribution in [2.75, 3.05) is 7.11 Å². The van der Waals surface area contributed by atoms with Crippen molar-refractivity contribution in [1.29, 1.82) is 5.26 Å². The van der Waals surface area contributed by atoms with Gasteiger partial charge in [-0.2, -0.15) is 5.26 Å². The largest absolute Gasteiger partial charge is 0.381 e. The number of nitrogens with zero attached hydrogens (tertiary/aromatic N) is 1. The molecule has 1 aromatic heterocycles. The molecule has 0 aromatic carbocycles. The Hall–Kier alpha value is -0.890. The van der Waals surface area contributed by atoms with E-state index in [0.29, 0.717) is 12.1 Å². The number of methoxy groups -OCH3 is 1. The van der Waals surface area contributed by atoms with Gasteiger partial charge in [0.05, 0.1) is 11.7 Å². The van der Waals surface area contributed by atoms with E-state index in [4.69, 9.17) is 10.00 Å². The predicted octanol–water partition coefficient (Wildman–Crippen LogP) is 1.89. The van der Waals surface area contributed by atoms with Gasteiger partial charge in [0.15, 0.2) is 0 Å². The van der Waals surface area contributed by atoms with Crippen LogP contribution in [0.3, 0.4) is 0 Å². The van der Waals surface area contributed by atoms with E-state index in [2.05, 4.69) is 11.4 Å². The summed E-state index contributed by atoms with van der Waals surface area (Å²) < 4.78 is 5.21. The summed E-state index contributed by atoms with van der Waals surface area (Å²) >= 11 is 1.64. The Balaban J connectivity index is 1.73. The molecule has 1 heterocycles. The highest BCUT2D eigenvalue weighted by molar-refractivity contribution is 7.10. The van der Waals surface area contributed by atoms with Gasteiger partial charge in [0.1, 0.15) is 6.07 Å². The smallest absolute Gasteiger partial charge is 0.100 e. The van der Waals surface area contributed by atoms with E-state index in [1.54, 1.807) is 18.4 Å². The van der Waals surface area contributed by atoms with Gasteiger partial charge >= 0.3 is 0 Å². The van der Waals surface area contributed by atoms with Crippen LogP contribution in [0.1, 0.15) is 23.3 Å². The van der Waals surface area contributed by atoms with Crippen LogP contribution < -0.4 is 5.32 Å². The normalized spacial score (nSPS) is 24.5. The number of nitrogens with one attached hydrogen (secondary N) is 1. The van der Waals surface area contributed by atoms with Crippen LogP contribution in [0, 0.1) is 11.3 Å². The van der Waals surface area contributed by atoms with E-state index < -0.39 is 0 Å². The van der Waals surface area contributed by atoms with E-state index in [0.717, 1.165) is 24.9 Å². The molecule has 1 aliphatic rings. The molecule has 1 aliphatic carbocycles. The zero-order valence-corrected chi connectivity index (χ0v) is 9.51. The third-order valence-electron chi connectivity index (χ3n) is 2.78. The molecular weight excluding hydrogens is 208 g/mol. The summed E-state index contributed by atoms with van der Waals surface area (Å²) in [5.74, 6) is 0. The lowest BCUT2D eigenvalue weighted by atomic mass is 9.89. The summed E-state index contributed by atoms with van der Waals surface area (Å²) in [4.78, 5) is 1.23. The van der Waals surface area contributed by atoms with E-state index in [9.17, 15) is 0 Å². The topological polar surface area (TPSA) is 45.0 Å². The fourth-order valence-corrected chi connectivity index (χ4v) is 2.46. The summed E-state index contributed by atoms with van der Waals surface area (Å²) in [5, 5.41) is 14.0. The summed E-state index contributed by atoms with van der Waals surface area (Å²) in [6.07, 6.45) is 2.65. The molecule has 1 saturated carbocycles. The SMILES string of the molecule is COC1CC(NCc2cc(C#N)cs2)C1. The minimum absolute atomic E-state index is 0.445. The second kappa shape index (κ2) is 4.75. The van der Waals surface area contributed by atoms with Gasteiger partial charge in [0.25, 0.3) is 0 Å². The monoisotopic (exact) mass is 222 g/mol. The Morgan fingerprint density at radius 1 is 1.67 bits per heavy atom. The second-order valence-corrected chi connectivity index (χ2v) is 4.82. The molecule has 0 amide bonds. The van der Waals surface area contributed by atoms with Crippen molar-refractivity contribution < 1.29 is 4.74 Å². The minimum atomic E-state index is 0.445. The van der Waals surface area contributed by atoms with Crippen molar-refractivity contribution in [3.63, 3.8) is 0 Å². The van der Waals surface area contributed by atoms with Gasteiger partial charge < -0.3 is 10.1 Å². The highest BCUT2D eigenvalue weighted by Crippen LogP contribution is 2.23. The maximum atomic E-state index is 8.67. The van der Waals surface area contributed by atoms with Crippen LogP contribution in [-0.2, 0) is 11.3 Å². The van der Waals surface area contributed by atoms with Crippen molar-refractivity contribution in [3.8, 4) is 6.07 Å². The van der Waals surface area contributed by atoms with Crippen molar-refractivity contribution in [3.05, 3.63) is 21.9 Å². The number of hydrogen-bond acceptors (Lipinski definition) is 4. The van der Waals surface area contributed by atoms with Gasteiger partial charge in [-0.05, 0) is 18.9 Å². The lowest BCUT2D eigenvalue weighted by Gasteiger charge is -2.34. The first kappa shape index (κ1) is 10.6. The third-order valence-corrected chi connectivity index (χ3v) is 3.71. The van der Waals surface area contributed by atoms with E-state index in [1.165, 1.54) is 4.88 Å². The fourth-order valence-electron chi connectivity index (χ4n) is 1.70. The van der Waals surface area contributed by atoms with Crippen LogP contribution >= 0.6 is 11.3 Å². The molecule has 0 aliphatic heterocycles. The number of rotatable bonds is 4. The number of ether oxygens (including phenoxy) is 1. The van der Waals surface area contributed by atoms with E-state index in [1.807, 2.05) is 11.4 Å². The molecule has 1 aromatic rings. The molecule has 0 unspecified atom stereocenters. The predicted molar refractivity (Wildman–Crippen MR) is 59.7 cm³/mol. The highest BCUT2D eigenvalue weighted by atomic mass is 32.1. The Labute approximate surface area is 93.7 Å². The quantitative estimate of drug-likeness (QED) is 0.846. The van der Waals surface area contributed by atoms with Gasteiger partial charge in [0.2, 0.25) is 0 Å². The maximum absolute atomic E-state index is 8.67. The van der Waals surface area contributed by atoms with Crippen LogP contribution in [0.5, 0.6) is 0 Å². The summed E-state index contributed by atoms with van der Waals surface area (Å²) in [5.41, 5.74) is 0.764. The average Bonchev–Trinajstić information content (AvgIpc) is 2.64. The molecule has 0 atom stereocenters. The van der Waals surface area contributed by atoms with E-state index in [-0.39, 0.29) is 0 Å². The molecule has 80 valence electrons. The van der Waals surface area contributed by atoms with Gasteiger partial charge in [-0.15, -0.1) is 11.3 Å². The van der Waals surface area contributed by atoms with Gasteiger partial charge in [-0.25, -0.2) is 0 Å². The molecule has 1 N–H and O–H groups in total. The number of hydrogen-bond donors (Lipinski definition) is 1. The van der Waals surface area contributed by atoms with Crippen molar-refractivity contribution in [2.45, 2.75) is 31.5 Å². The molecule has 0 bridgehead atoms. The first-order valence-electron chi connectivity index (χ1n) is 5.05. The van der Waals surface area contributed by atoms with E-state index >= 15 is 0 Å². The van der Waals surface area contributed by atoms with Gasteiger partial charge in [-0.1, -0.05) is 0 Å². The van der Waals surface area contributed by atoms with Crippen LogP contribution in [0.15, 0.2) is 11.4 Å². The maximum Gasteiger partial charge on any atom is 0.100 e. The third kappa shape index (κ3) is 2.57. The Morgan fingerprint density at radius 2 is 2.47 bits per heavy atom. The minimum Gasteiger partial charge on any atom is -0.381 e. The lowest BCUT2D eigenvalue weighted by molar-refractivity contribution is 0.0170. The number of nitriles is 1. The molecule has 0 saturated heterocycles. The zero-order chi connectivity index (χ0) is 10.7. The Morgan fingerprint density at radius 3 is 3.07 bits per heavy atom. The number of thiophene rings is 1. The summed E-state index contributed by atoms with van der Waals surface area (Å²) in [6.45, 7) is 0.868. The van der Waals surface area contributed by atoms with Crippen LogP contribution in [-0.4, -0.2) is 19.3 Å². The van der Waals surface area contributed by atoms with Crippen molar-refractivity contribution >= 4 is 11.3 Å². The van der Waals surface area contributed by atoms with Gasteiger partial charge in [-0.3, -0.25) is 0 Å². The summed E-state index contributed by atoms with van der Waals surface area (Å²) in [6, 6.07) is 4.68. The highest BCUT2D eigenvalue weighted by Gasteiger charge is 2.28. The Kier molecular flexibility index (Phi) is 3.37. The van der Waals surface area contributed by atoms with Gasteiger partial charge in [0, 0.05) is 30.0 Å². The molecule has 4 heteroatoms. The Bertz CT molecular complexity index is 363. The standard InChI is InChI=1S/C11H14N2OS/c1-14-10-3-9(4-10)13-6-11-2-8(5-12)7-15-11/h2,7,9-10,13H,3-4,6H2,1H3. The van der Waals surface area contributed by atoms with Crippen LogP contribution in [0.2, 0.25) is 0 Å². The lowest BCUT2D eigenvalue weighted by Crippen LogP contribution is -2.44. The molecule has 1 fully saturated rings. The molecule has 0 spiro atoms. The molecule has 15 heavy (non-hydrogen) atoms. The molecular formula is C11H14N2OS. The zero-order valence-electron chi connectivity index (χ0n) is 8.69. The fraction of sp³-hybridized carbons (Fsp3) is 0.545. The van der Waals surface area contributed by atoms with Crippen molar-refractivity contribution in [1.82, 2.24) is 5.32 Å².